The number of fused-ring (bicyclic) bond motifs is 2. The normalized spacial score (nSPS) is 22.8. The first-order valence-electron chi connectivity index (χ1n) is 9.31. The fourth-order valence-electron chi connectivity index (χ4n) is 4.27. The molecule has 1 amide bonds. The molecule has 2 atom stereocenters. The van der Waals surface area contributed by atoms with Crippen molar-refractivity contribution in [3.8, 4) is 11.1 Å². The average molecular weight is 449 g/mol. The molecule has 2 aromatic carbocycles. The minimum Gasteiger partial charge on any atom is -0.332 e. The molecule has 2 aliphatic rings. The lowest BCUT2D eigenvalue weighted by Gasteiger charge is -2.37. The number of carbonyl (C=O) groups is 1. The molecule has 2 fully saturated rings. The second-order valence-electron chi connectivity index (χ2n) is 7.49. The van der Waals surface area contributed by atoms with Gasteiger partial charge < -0.3 is 10.2 Å². The van der Waals surface area contributed by atoms with Crippen LogP contribution >= 0.6 is 23.7 Å². The van der Waals surface area contributed by atoms with Gasteiger partial charge in [-0.1, -0.05) is 18.2 Å². The Balaban J connectivity index is 0.00000205. The van der Waals surface area contributed by atoms with Crippen LogP contribution < -0.4 is 5.32 Å². The maximum Gasteiger partial charge on any atom is 0.254 e. The highest BCUT2D eigenvalue weighted by molar-refractivity contribution is 7.91. The van der Waals surface area contributed by atoms with Gasteiger partial charge in [0.15, 0.2) is 9.84 Å². The van der Waals surface area contributed by atoms with E-state index in [1.54, 1.807) is 16.2 Å². The van der Waals surface area contributed by atoms with E-state index in [0.717, 1.165) is 16.3 Å². The third-order valence-electron chi connectivity index (χ3n) is 5.68. The molecular weight excluding hydrogens is 428 g/mol. The van der Waals surface area contributed by atoms with Gasteiger partial charge in [-0.3, -0.25) is 4.79 Å². The van der Waals surface area contributed by atoms with Gasteiger partial charge in [-0.15, -0.1) is 12.4 Å². The molecule has 2 saturated heterocycles. The van der Waals surface area contributed by atoms with E-state index in [0.29, 0.717) is 18.7 Å². The minimum absolute atomic E-state index is 0. The Morgan fingerprint density at radius 1 is 1.03 bits per heavy atom. The number of amides is 1. The minimum atomic E-state index is -3.09. The number of rotatable bonds is 2. The van der Waals surface area contributed by atoms with Crippen molar-refractivity contribution in [3.63, 3.8) is 0 Å². The first kappa shape index (κ1) is 20.3. The maximum absolute atomic E-state index is 13.2. The summed E-state index contributed by atoms with van der Waals surface area (Å²) in [4.78, 5) is 14.9. The Hall–Kier alpha value is -1.93. The molecule has 0 unspecified atom stereocenters. The Morgan fingerprint density at radius 3 is 2.62 bits per heavy atom. The number of hydrogen-bond donors (Lipinski definition) is 1. The zero-order valence-electron chi connectivity index (χ0n) is 15.6. The Labute approximate surface area is 180 Å². The van der Waals surface area contributed by atoms with Crippen molar-refractivity contribution in [2.45, 2.75) is 12.1 Å². The van der Waals surface area contributed by atoms with Crippen molar-refractivity contribution < 1.29 is 13.2 Å². The first-order valence-corrected chi connectivity index (χ1v) is 12.1. The lowest BCUT2D eigenvalue weighted by Crippen LogP contribution is -2.59. The number of thiophene rings is 1. The highest BCUT2D eigenvalue weighted by atomic mass is 35.5. The standard InChI is InChI=1S/C21H20N2O3S2.ClH/c24-21(23-7-6-22-19-12-28(25,26)13-20(19)23)17-4-3-14-9-16(2-1-15(14)10-17)18-5-8-27-11-18;/h1-5,8-11,19-20,22H,6-7,12-13H2;1H/t19-,20+;/m1./s1. The summed E-state index contributed by atoms with van der Waals surface area (Å²) >= 11 is 1.67. The lowest BCUT2D eigenvalue weighted by atomic mass is 10.00. The summed E-state index contributed by atoms with van der Waals surface area (Å²) in [5.74, 6) is 0.0795. The van der Waals surface area contributed by atoms with Gasteiger partial charge in [-0.2, -0.15) is 11.3 Å². The van der Waals surface area contributed by atoms with Crippen LogP contribution in [0.4, 0.5) is 0 Å². The van der Waals surface area contributed by atoms with Gasteiger partial charge in [0, 0.05) is 24.7 Å². The number of nitrogens with zero attached hydrogens (tertiary/aromatic N) is 1. The quantitative estimate of drug-likeness (QED) is 0.653. The number of piperazine rings is 1. The van der Waals surface area contributed by atoms with Gasteiger partial charge in [-0.05, 0) is 56.9 Å². The van der Waals surface area contributed by atoms with Crippen molar-refractivity contribution in [2.24, 2.45) is 0 Å². The summed E-state index contributed by atoms with van der Waals surface area (Å²) in [5.41, 5.74) is 2.97. The number of hydrogen-bond acceptors (Lipinski definition) is 5. The monoisotopic (exact) mass is 448 g/mol. The lowest BCUT2D eigenvalue weighted by molar-refractivity contribution is 0.0621. The Bertz CT molecular complexity index is 1160. The topological polar surface area (TPSA) is 66.5 Å². The van der Waals surface area contributed by atoms with Gasteiger partial charge in [0.1, 0.15) is 0 Å². The van der Waals surface area contributed by atoms with E-state index < -0.39 is 9.84 Å². The van der Waals surface area contributed by atoms with Crippen LogP contribution in [-0.2, 0) is 9.84 Å². The summed E-state index contributed by atoms with van der Waals surface area (Å²) in [7, 11) is -3.09. The molecule has 8 heteroatoms. The van der Waals surface area contributed by atoms with Gasteiger partial charge >= 0.3 is 0 Å². The van der Waals surface area contributed by atoms with Gasteiger partial charge in [0.25, 0.3) is 5.91 Å². The molecule has 0 spiro atoms. The molecule has 1 N–H and O–H groups in total. The third-order valence-corrected chi connectivity index (χ3v) is 8.08. The fourth-order valence-corrected chi connectivity index (χ4v) is 6.89. The number of halogens is 1. The van der Waals surface area contributed by atoms with Crippen molar-refractivity contribution >= 4 is 50.3 Å². The molecule has 0 saturated carbocycles. The van der Waals surface area contributed by atoms with E-state index in [4.69, 9.17) is 0 Å². The van der Waals surface area contributed by atoms with Crippen LogP contribution in [-0.4, -0.2) is 55.9 Å². The molecule has 0 radical (unpaired) electrons. The van der Waals surface area contributed by atoms with Crippen LogP contribution in [0.1, 0.15) is 10.4 Å². The summed E-state index contributed by atoms with van der Waals surface area (Å²) in [6, 6.07) is 13.7. The zero-order chi connectivity index (χ0) is 19.3. The summed E-state index contributed by atoms with van der Waals surface area (Å²) in [6.45, 7) is 1.16. The number of sulfone groups is 1. The van der Waals surface area contributed by atoms with Gasteiger partial charge in [0.2, 0.25) is 0 Å². The smallest absolute Gasteiger partial charge is 0.254 e. The molecule has 3 aromatic rings. The first-order chi connectivity index (χ1) is 13.5. The average Bonchev–Trinajstić information content (AvgIpc) is 3.32. The Morgan fingerprint density at radius 2 is 1.83 bits per heavy atom. The van der Waals surface area contributed by atoms with Crippen LogP contribution in [0.3, 0.4) is 0 Å². The number of nitrogens with one attached hydrogen (secondary N) is 1. The molecule has 152 valence electrons. The van der Waals surface area contributed by atoms with Crippen molar-refractivity contribution in [1.29, 1.82) is 0 Å². The summed E-state index contributed by atoms with van der Waals surface area (Å²) < 4.78 is 24.1. The summed E-state index contributed by atoms with van der Waals surface area (Å²) in [5, 5.41) is 9.53. The maximum atomic E-state index is 13.2. The van der Waals surface area contributed by atoms with Gasteiger partial charge in [0.05, 0.1) is 17.5 Å². The van der Waals surface area contributed by atoms with E-state index in [1.807, 2.05) is 24.3 Å². The third kappa shape index (κ3) is 3.80. The number of benzene rings is 2. The summed E-state index contributed by atoms with van der Waals surface area (Å²) in [6.07, 6.45) is 0. The van der Waals surface area contributed by atoms with Crippen LogP contribution in [0.2, 0.25) is 0 Å². The molecule has 0 bridgehead atoms. The molecule has 29 heavy (non-hydrogen) atoms. The zero-order valence-corrected chi connectivity index (χ0v) is 18.0. The fraction of sp³-hybridized carbons (Fsp3) is 0.286. The second-order valence-corrected chi connectivity index (χ2v) is 10.4. The van der Waals surface area contributed by atoms with E-state index in [-0.39, 0.29) is 41.9 Å². The number of carbonyl (C=O) groups excluding carboxylic acids is 1. The van der Waals surface area contributed by atoms with Crippen molar-refractivity contribution in [3.05, 3.63) is 58.8 Å². The van der Waals surface area contributed by atoms with Gasteiger partial charge in [-0.25, -0.2) is 8.42 Å². The van der Waals surface area contributed by atoms with Crippen molar-refractivity contribution in [2.75, 3.05) is 24.6 Å². The molecule has 3 heterocycles. The SMILES string of the molecule is Cl.O=C(c1ccc2cc(-c3ccsc3)ccc2c1)N1CCN[C@@H]2CS(=O)(=O)C[C@@H]21. The molecule has 2 aliphatic heterocycles. The molecule has 0 aliphatic carbocycles. The van der Waals surface area contributed by atoms with Crippen LogP contribution in [0.25, 0.3) is 21.9 Å². The highest BCUT2D eigenvalue weighted by Crippen LogP contribution is 2.28. The van der Waals surface area contributed by atoms with E-state index in [2.05, 4.69) is 34.3 Å². The van der Waals surface area contributed by atoms with Crippen LogP contribution in [0.5, 0.6) is 0 Å². The van der Waals surface area contributed by atoms with Crippen LogP contribution in [0.15, 0.2) is 53.2 Å². The molecule has 5 nitrogen and oxygen atoms in total. The molecular formula is C21H21ClN2O3S2. The molecule has 5 rings (SSSR count). The van der Waals surface area contributed by atoms with E-state index in [9.17, 15) is 13.2 Å². The van der Waals surface area contributed by atoms with E-state index >= 15 is 0 Å². The molecule has 1 aromatic heterocycles. The second kappa shape index (κ2) is 7.72. The predicted octanol–water partition coefficient (Wildman–Crippen LogP) is 3.20. The Kier molecular flexibility index (Phi) is 5.42. The predicted molar refractivity (Wildman–Crippen MR) is 120 cm³/mol. The van der Waals surface area contributed by atoms with Crippen LogP contribution in [0, 0.1) is 0 Å². The largest absolute Gasteiger partial charge is 0.332 e. The highest BCUT2D eigenvalue weighted by Gasteiger charge is 2.44. The van der Waals surface area contributed by atoms with Crippen molar-refractivity contribution in [1.82, 2.24) is 10.2 Å². The van der Waals surface area contributed by atoms with E-state index in [1.165, 1.54) is 5.56 Å².